The van der Waals surface area contributed by atoms with E-state index in [4.69, 9.17) is 0 Å². The van der Waals surface area contributed by atoms with Gasteiger partial charge in [0.25, 0.3) is 0 Å². The second-order valence-corrected chi connectivity index (χ2v) is 14.1. The Morgan fingerprint density at radius 2 is 0.804 bits per heavy atom. The molecule has 5 aromatic heterocycles. The van der Waals surface area contributed by atoms with Gasteiger partial charge in [-0.1, -0.05) is 115 Å². The van der Waals surface area contributed by atoms with Crippen molar-refractivity contribution in [3.05, 3.63) is 164 Å². The summed E-state index contributed by atoms with van der Waals surface area (Å²) in [6.45, 7) is 0. The Morgan fingerprint density at radius 3 is 1.57 bits per heavy atom. The summed E-state index contributed by atoms with van der Waals surface area (Å²) in [5, 5.41) is 13.1. The van der Waals surface area contributed by atoms with Crippen LogP contribution in [-0.2, 0) is 0 Å². The highest BCUT2D eigenvalue weighted by Gasteiger charge is 2.25. The van der Waals surface area contributed by atoms with Crippen molar-refractivity contribution < 1.29 is 0 Å². The Labute approximate surface area is 291 Å². The van der Waals surface area contributed by atoms with Crippen LogP contribution in [0.5, 0.6) is 0 Å². The van der Waals surface area contributed by atoms with Crippen LogP contribution in [-0.4, -0.2) is 13.4 Å². The fourth-order valence-electron chi connectivity index (χ4n) is 9.76. The van der Waals surface area contributed by atoms with Gasteiger partial charge in [0, 0.05) is 65.1 Å². The molecule has 13 rings (SSSR count). The number of para-hydroxylation sites is 6. The van der Waals surface area contributed by atoms with Crippen molar-refractivity contribution in [3.8, 4) is 16.8 Å². The fraction of sp³-hybridized carbons (Fsp3) is 0. The Morgan fingerprint density at radius 1 is 0.294 bits per heavy atom. The van der Waals surface area contributed by atoms with Crippen LogP contribution < -0.4 is 0 Å². The monoisotopic (exact) mass is 645 g/mol. The first-order valence-corrected chi connectivity index (χ1v) is 17.7. The third kappa shape index (κ3) is 3.04. The van der Waals surface area contributed by atoms with Gasteiger partial charge in [0.15, 0.2) is 0 Å². The molecular formula is C48H27N3. The van der Waals surface area contributed by atoms with Gasteiger partial charge in [-0.05, 0) is 54.1 Å². The molecule has 3 nitrogen and oxygen atoms in total. The second kappa shape index (κ2) is 9.03. The van der Waals surface area contributed by atoms with Gasteiger partial charge in [-0.3, -0.25) is 0 Å². The Hall–Kier alpha value is -6.84. The van der Waals surface area contributed by atoms with E-state index in [2.05, 4.69) is 177 Å². The summed E-state index contributed by atoms with van der Waals surface area (Å²) in [5.41, 5.74) is 13.8. The highest BCUT2D eigenvalue weighted by Crippen LogP contribution is 2.48. The minimum atomic E-state index is 1.18. The molecule has 0 saturated heterocycles. The molecule has 0 atom stereocenters. The average Bonchev–Trinajstić information content (AvgIpc) is 3.98. The standard InChI is InChI=1S/C48H27N3/c1-2-11-29(12-3-1)49-39-21-6-5-14-32(39)38-27-28(23-24-41(38)49)30-15-8-17-34-35-18-10-20-37-45-43(51(46(30)34)48(35)37)26-25-42-44(45)36-19-9-16-33-31-13-4-7-22-40(31)50(42)47(33)36/h1-27H. The summed E-state index contributed by atoms with van der Waals surface area (Å²) in [6.07, 6.45) is 0. The molecule has 3 heteroatoms. The first kappa shape index (κ1) is 26.1. The maximum Gasteiger partial charge on any atom is 0.0621 e. The molecule has 234 valence electrons. The highest BCUT2D eigenvalue weighted by atomic mass is 15.0. The van der Waals surface area contributed by atoms with E-state index < -0.39 is 0 Å². The van der Waals surface area contributed by atoms with Gasteiger partial charge in [-0.2, -0.15) is 0 Å². The van der Waals surface area contributed by atoms with Gasteiger partial charge in [0.05, 0.1) is 44.1 Å². The van der Waals surface area contributed by atoms with Crippen molar-refractivity contribution in [1.29, 1.82) is 0 Å². The molecule has 0 amide bonds. The van der Waals surface area contributed by atoms with Crippen LogP contribution in [0.2, 0.25) is 0 Å². The predicted octanol–water partition coefficient (Wildman–Crippen LogP) is 12.8. The molecule has 0 unspecified atom stereocenters. The lowest BCUT2D eigenvalue weighted by Crippen LogP contribution is -1.93. The molecule has 0 fully saturated rings. The van der Waals surface area contributed by atoms with Crippen LogP contribution in [0.25, 0.3) is 115 Å². The molecule has 0 aliphatic heterocycles. The first-order chi connectivity index (χ1) is 25.3. The Kier molecular flexibility index (Phi) is 4.62. The summed E-state index contributed by atoms with van der Waals surface area (Å²) in [7, 11) is 0. The van der Waals surface area contributed by atoms with E-state index in [1.54, 1.807) is 0 Å². The summed E-state index contributed by atoms with van der Waals surface area (Å²) >= 11 is 0. The zero-order valence-corrected chi connectivity index (χ0v) is 27.4. The maximum atomic E-state index is 2.56. The minimum Gasteiger partial charge on any atom is -0.309 e. The van der Waals surface area contributed by atoms with E-state index in [9.17, 15) is 0 Å². The van der Waals surface area contributed by atoms with E-state index in [1.165, 1.54) is 115 Å². The lowest BCUT2D eigenvalue weighted by molar-refractivity contribution is 1.18. The molecule has 0 bridgehead atoms. The second-order valence-electron chi connectivity index (χ2n) is 14.1. The number of nitrogens with zero attached hydrogens (tertiary/aromatic N) is 3. The molecule has 0 radical (unpaired) electrons. The van der Waals surface area contributed by atoms with E-state index in [1.807, 2.05) is 0 Å². The number of rotatable bonds is 2. The lowest BCUT2D eigenvalue weighted by Gasteiger charge is -2.09. The molecule has 51 heavy (non-hydrogen) atoms. The van der Waals surface area contributed by atoms with Crippen molar-refractivity contribution in [3.63, 3.8) is 0 Å². The Balaban J connectivity index is 1.16. The number of fused-ring (bicyclic) bond motifs is 16. The van der Waals surface area contributed by atoms with E-state index in [0.29, 0.717) is 0 Å². The zero-order chi connectivity index (χ0) is 32.9. The van der Waals surface area contributed by atoms with Crippen molar-refractivity contribution in [2.45, 2.75) is 0 Å². The molecule has 13 aromatic rings. The molecule has 5 heterocycles. The van der Waals surface area contributed by atoms with Gasteiger partial charge < -0.3 is 13.4 Å². The van der Waals surface area contributed by atoms with E-state index in [-0.39, 0.29) is 0 Å². The van der Waals surface area contributed by atoms with Crippen molar-refractivity contribution in [2.75, 3.05) is 0 Å². The van der Waals surface area contributed by atoms with Crippen molar-refractivity contribution in [1.82, 2.24) is 13.4 Å². The van der Waals surface area contributed by atoms with Crippen LogP contribution in [0.3, 0.4) is 0 Å². The normalized spacial score (nSPS) is 12.7. The third-order valence-electron chi connectivity index (χ3n) is 11.7. The van der Waals surface area contributed by atoms with Crippen LogP contribution in [0.1, 0.15) is 0 Å². The molecule has 0 aliphatic rings. The summed E-state index contributed by atoms with van der Waals surface area (Å²) in [6, 6.07) is 60.7. The number of aromatic nitrogens is 3. The molecule has 8 aromatic carbocycles. The minimum absolute atomic E-state index is 1.18. The van der Waals surface area contributed by atoms with Crippen LogP contribution in [0, 0.1) is 0 Å². The number of hydrogen-bond donors (Lipinski definition) is 0. The maximum absolute atomic E-state index is 2.56. The molecule has 0 aliphatic carbocycles. The van der Waals surface area contributed by atoms with Gasteiger partial charge in [0.1, 0.15) is 0 Å². The van der Waals surface area contributed by atoms with Crippen LogP contribution in [0.15, 0.2) is 164 Å². The molecular weight excluding hydrogens is 619 g/mol. The molecule has 0 saturated carbocycles. The number of hydrogen-bond acceptors (Lipinski definition) is 0. The lowest BCUT2D eigenvalue weighted by atomic mass is 9.98. The van der Waals surface area contributed by atoms with Gasteiger partial charge in [-0.15, -0.1) is 0 Å². The number of benzene rings is 8. The summed E-state index contributed by atoms with van der Waals surface area (Å²) in [4.78, 5) is 0. The molecule has 0 spiro atoms. The third-order valence-corrected chi connectivity index (χ3v) is 11.7. The molecule has 0 N–H and O–H groups in total. The first-order valence-electron chi connectivity index (χ1n) is 17.7. The summed E-state index contributed by atoms with van der Waals surface area (Å²) < 4.78 is 7.45. The van der Waals surface area contributed by atoms with Crippen LogP contribution >= 0.6 is 0 Å². The fourth-order valence-corrected chi connectivity index (χ4v) is 9.76. The van der Waals surface area contributed by atoms with Crippen molar-refractivity contribution in [2.24, 2.45) is 0 Å². The van der Waals surface area contributed by atoms with E-state index >= 15 is 0 Å². The zero-order valence-electron chi connectivity index (χ0n) is 27.4. The summed E-state index contributed by atoms with van der Waals surface area (Å²) in [5.74, 6) is 0. The van der Waals surface area contributed by atoms with Gasteiger partial charge in [0.2, 0.25) is 0 Å². The van der Waals surface area contributed by atoms with Crippen molar-refractivity contribution >= 4 is 98.0 Å². The quantitative estimate of drug-likeness (QED) is 0.178. The average molecular weight is 646 g/mol. The smallest absolute Gasteiger partial charge is 0.0621 e. The predicted molar refractivity (Wildman–Crippen MR) is 216 cm³/mol. The highest BCUT2D eigenvalue weighted by molar-refractivity contribution is 6.36. The Bertz CT molecular complexity index is 3580. The van der Waals surface area contributed by atoms with Gasteiger partial charge in [-0.25, -0.2) is 0 Å². The van der Waals surface area contributed by atoms with E-state index in [0.717, 1.165) is 0 Å². The van der Waals surface area contributed by atoms with Gasteiger partial charge >= 0.3 is 0 Å². The SMILES string of the molecule is c1ccc(-n2c3ccccc3c3cc(-c4cccc5c6cccc7c8c9c%10cccc%11c%12ccccc%12n(c9ccc8n(c45)c67)c%11%10)ccc32)cc1. The topological polar surface area (TPSA) is 13.8 Å². The largest absolute Gasteiger partial charge is 0.309 e. The van der Waals surface area contributed by atoms with Crippen LogP contribution in [0.4, 0.5) is 0 Å².